The molecular formula is C26H27ClN2O2S. The van der Waals surface area contributed by atoms with Crippen LogP contribution in [0, 0.1) is 0 Å². The van der Waals surface area contributed by atoms with Gasteiger partial charge in [0.15, 0.2) is 0 Å². The van der Waals surface area contributed by atoms with Crippen molar-refractivity contribution < 1.29 is 9.53 Å². The van der Waals surface area contributed by atoms with Gasteiger partial charge < -0.3 is 15.0 Å². The number of hydrogen-bond acceptors (Lipinski definition) is 4. The lowest BCUT2D eigenvalue weighted by Crippen LogP contribution is -2.29. The largest absolute Gasteiger partial charge is 0.493 e. The van der Waals surface area contributed by atoms with Gasteiger partial charge in [-0.2, -0.15) is 0 Å². The second-order valence-electron chi connectivity index (χ2n) is 7.90. The van der Waals surface area contributed by atoms with Crippen LogP contribution in [0.5, 0.6) is 5.75 Å². The molecule has 1 aliphatic heterocycles. The van der Waals surface area contributed by atoms with Gasteiger partial charge >= 0.3 is 0 Å². The number of anilines is 1. The van der Waals surface area contributed by atoms with E-state index in [4.69, 9.17) is 16.3 Å². The van der Waals surface area contributed by atoms with E-state index in [-0.39, 0.29) is 5.91 Å². The number of rotatable bonds is 7. The Morgan fingerprint density at radius 1 is 1.12 bits per heavy atom. The molecule has 32 heavy (non-hydrogen) atoms. The number of hydrogen-bond donors (Lipinski definition) is 2. The van der Waals surface area contributed by atoms with Crippen LogP contribution in [0.2, 0.25) is 5.02 Å². The third kappa shape index (κ3) is 5.40. The lowest BCUT2D eigenvalue weighted by Gasteiger charge is -2.32. The molecule has 4 rings (SSSR count). The van der Waals surface area contributed by atoms with Gasteiger partial charge in [-0.1, -0.05) is 29.8 Å². The molecule has 4 nitrogen and oxygen atoms in total. The second kappa shape index (κ2) is 10.3. The molecule has 0 saturated heterocycles. The van der Waals surface area contributed by atoms with Crippen molar-refractivity contribution in [3.05, 3.63) is 87.9 Å². The Morgan fingerprint density at radius 3 is 2.72 bits per heavy atom. The van der Waals surface area contributed by atoms with Crippen LogP contribution in [-0.4, -0.2) is 19.1 Å². The molecule has 3 aromatic rings. The van der Waals surface area contributed by atoms with E-state index >= 15 is 0 Å². The average Bonchev–Trinajstić information content (AvgIpc) is 2.80. The summed E-state index contributed by atoms with van der Waals surface area (Å²) >= 11 is 10.5. The Morgan fingerprint density at radius 2 is 1.94 bits per heavy atom. The summed E-state index contributed by atoms with van der Waals surface area (Å²) in [4.78, 5) is 16.0. The predicted molar refractivity (Wildman–Crippen MR) is 133 cm³/mol. The standard InChI is InChI=1S/C26H27ClN2O2S/c1-2-31-25-15-22(27)9-7-21(25)17-29-13-3-4-19-14-20(8-12-24(19)29)26(30)28-16-18-5-10-23(32)11-6-18/h5-12,14-15,32H,2-4,13,16-17H2,1H3,(H,28,30). The van der Waals surface area contributed by atoms with Crippen LogP contribution in [-0.2, 0) is 19.5 Å². The molecule has 0 aliphatic carbocycles. The van der Waals surface area contributed by atoms with Gasteiger partial charge in [0.05, 0.1) is 6.61 Å². The molecule has 6 heteroatoms. The fraction of sp³-hybridized carbons (Fsp3) is 0.269. The molecular weight excluding hydrogens is 440 g/mol. The lowest BCUT2D eigenvalue weighted by molar-refractivity contribution is 0.0951. The fourth-order valence-electron chi connectivity index (χ4n) is 4.03. The van der Waals surface area contributed by atoms with Gasteiger partial charge in [0.25, 0.3) is 5.91 Å². The topological polar surface area (TPSA) is 41.6 Å². The summed E-state index contributed by atoms with van der Waals surface area (Å²) < 4.78 is 5.80. The van der Waals surface area contributed by atoms with Crippen LogP contribution < -0.4 is 15.0 Å². The zero-order valence-corrected chi connectivity index (χ0v) is 19.8. The summed E-state index contributed by atoms with van der Waals surface area (Å²) in [7, 11) is 0. The van der Waals surface area contributed by atoms with E-state index in [0.29, 0.717) is 23.7 Å². The molecule has 1 N–H and O–H groups in total. The summed E-state index contributed by atoms with van der Waals surface area (Å²) in [6.07, 6.45) is 2.01. The first-order valence-electron chi connectivity index (χ1n) is 10.9. The highest BCUT2D eigenvalue weighted by atomic mass is 35.5. The summed E-state index contributed by atoms with van der Waals surface area (Å²) in [6.45, 7) is 4.77. The molecule has 0 spiro atoms. The number of amides is 1. The minimum atomic E-state index is -0.0591. The number of carbonyl (C=O) groups excluding carboxylic acids is 1. The molecule has 1 aliphatic rings. The summed E-state index contributed by atoms with van der Waals surface area (Å²) in [6, 6.07) is 19.6. The monoisotopic (exact) mass is 466 g/mol. The van der Waals surface area contributed by atoms with E-state index in [1.807, 2.05) is 61.5 Å². The van der Waals surface area contributed by atoms with Crippen molar-refractivity contribution in [3.8, 4) is 5.75 Å². The molecule has 0 saturated carbocycles. The number of carbonyl (C=O) groups is 1. The Bertz CT molecular complexity index is 1100. The van der Waals surface area contributed by atoms with Crippen molar-refractivity contribution in [3.63, 3.8) is 0 Å². The molecule has 166 valence electrons. The van der Waals surface area contributed by atoms with Crippen molar-refractivity contribution in [2.45, 2.75) is 37.8 Å². The van der Waals surface area contributed by atoms with Crippen LogP contribution in [0.1, 0.15) is 40.4 Å². The van der Waals surface area contributed by atoms with E-state index in [9.17, 15) is 4.79 Å². The minimum Gasteiger partial charge on any atom is -0.493 e. The Hall–Kier alpha value is -2.63. The van der Waals surface area contributed by atoms with Gasteiger partial charge in [-0.05, 0) is 73.4 Å². The van der Waals surface area contributed by atoms with Gasteiger partial charge in [0.1, 0.15) is 5.75 Å². The Labute approximate surface area is 200 Å². The van der Waals surface area contributed by atoms with Gasteiger partial charge in [-0.25, -0.2) is 0 Å². The first-order valence-corrected chi connectivity index (χ1v) is 11.7. The van der Waals surface area contributed by atoms with Crippen molar-refractivity contribution in [1.29, 1.82) is 0 Å². The molecule has 0 fully saturated rings. The Kier molecular flexibility index (Phi) is 7.28. The van der Waals surface area contributed by atoms with Crippen molar-refractivity contribution in [2.24, 2.45) is 0 Å². The number of benzene rings is 3. The van der Waals surface area contributed by atoms with E-state index in [2.05, 4.69) is 28.9 Å². The van der Waals surface area contributed by atoms with Crippen LogP contribution in [0.25, 0.3) is 0 Å². The second-order valence-corrected chi connectivity index (χ2v) is 8.86. The molecule has 0 unspecified atom stereocenters. The highest BCUT2D eigenvalue weighted by Crippen LogP contribution is 2.32. The van der Waals surface area contributed by atoms with Gasteiger partial charge in [-0.3, -0.25) is 4.79 Å². The highest BCUT2D eigenvalue weighted by molar-refractivity contribution is 7.80. The van der Waals surface area contributed by atoms with E-state index in [0.717, 1.165) is 47.7 Å². The molecule has 0 aromatic heterocycles. The normalized spacial score (nSPS) is 12.9. The van der Waals surface area contributed by atoms with Crippen molar-refractivity contribution >= 4 is 35.8 Å². The number of halogens is 1. The zero-order chi connectivity index (χ0) is 22.5. The summed E-state index contributed by atoms with van der Waals surface area (Å²) in [5.74, 6) is 0.769. The zero-order valence-electron chi connectivity index (χ0n) is 18.1. The molecule has 1 amide bonds. The van der Waals surface area contributed by atoms with Gasteiger partial charge in [0.2, 0.25) is 0 Å². The number of thiol groups is 1. The first-order chi connectivity index (χ1) is 15.5. The average molecular weight is 467 g/mol. The van der Waals surface area contributed by atoms with E-state index in [1.54, 1.807) is 0 Å². The van der Waals surface area contributed by atoms with Gasteiger partial charge in [0, 0.05) is 46.4 Å². The van der Waals surface area contributed by atoms with Crippen LogP contribution in [0.15, 0.2) is 65.6 Å². The third-order valence-corrected chi connectivity index (χ3v) is 6.17. The smallest absolute Gasteiger partial charge is 0.251 e. The maximum atomic E-state index is 12.7. The number of nitrogens with zero attached hydrogens (tertiary/aromatic N) is 1. The van der Waals surface area contributed by atoms with E-state index < -0.39 is 0 Å². The van der Waals surface area contributed by atoms with Crippen LogP contribution in [0.3, 0.4) is 0 Å². The minimum absolute atomic E-state index is 0.0591. The van der Waals surface area contributed by atoms with Gasteiger partial charge in [-0.15, -0.1) is 12.6 Å². The number of ether oxygens (including phenoxy) is 1. The van der Waals surface area contributed by atoms with Crippen molar-refractivity contribution in [1.82, 2.24) is 5.32 Å². The lowest BCUT2D eigenvalue weighted by atomic mass is 9.98. The number of aryl methyl sites for hydroxylation is 1. The third-order valence-electron chi connectivity index (χ3n) is 5.64. The summed E-state index contributed by atoms with van der Waals surface area (Å²) in [5.41, 5.74) is 5.23. The molecule has 0 atom stereocenters. The maximum Gasteiger partial charge on any atom is 0.251 e. The highest BCUT2D eigenvalue weighted by Gasteiger charge is 2.20. The fourth-order valence-corrected chi connectivity index (χ4v) is 4.34. The first kappa shape index (κ1) is 22.6. The number of fused-ring (bicyclic) bond motifs is 1. The van der Waals surface area contributed by atoms with Crippen molar-refractivity contribution in [2.75, 3.05) is 18.1 Å². The maximum absolute atomic E-state index is 12.7. The van der Waals surface area contributed by atoms with Crippen LogP contribution in [0.4, 0.5) is 5.69 Å². The molecule has 3 aromatic carbocycles. The molecule has 0 bridgehead atoms. The Balaban J connectivity index is 1.48. The van der Waals surface area contributed by atoms with E-state index in [1.165, 1.54) is 11.3 Å². The van der Waals surface area contributed by atoms with Crippen LogP contribution >= 0.6 is 24.2 Å². The number of nitrogens with one attached hydrogen (secondary N) is 1. The quantitative estimate of drug-likeness (QED) is 0.425. The predicted octanol–water partition coefficient (Wildman–Crippen LogP) is 5.91. The molecule has 0 radical (unpaired) electrons. The SMILES string of the molecule is CCOc1cc(Cl)ccc1CN1CCCc2cc(C(=O)NCc3ccc(S)cc3)ccc21. The summed E-state index contributed by atoms with van der Waals surface area (Å²) in [5, 5.41) is 3.69. The molecule has 1 heterocycles.